The molecule has 0 spiro atoms. The van der Waals surface area contributed by atoms with Gasteiger partial charge in [0.1, 0.15) is 11.6 Å². The largest absolute Gasteiger partial charge is 0.497 e. The Morgan fingerprint density at radius 3 is 2.10 bits per heavy atom. The van der Waals surface area contributed by atoms with Gasteiger partial charge >= 0.3 is 0 Å². The Kier molecular flexibility index (Phi) is 5.68. The number of benzene rings is 3. The molecule has 0 aliphatic carbocycles. The van der Waals surface area contributed by atoms with Crippen molar-refractivity contribution in [3.05, 3.63) is 84.2 Å². The van der Waals surface area contributed by atoms with E-state index in [0.29, 0.717) is 17.6 Å². The molecule has 0 bridgehead atoms. The monoisotopic (exact) mass is 438 g/mol. The smallest absolute Gasteiger partial charge is 0.263 e. The molecule has 0 radical (unpaired) electrons. The summed E-state index contributed by atoms with van der Waals surface area (Å²) >= 11 is 0. The normalized spacial score (nSPS) is 11.3. The molecule has 158 valence electrons. The van der Waals surface area contributed by atoms with Gasteiger partial charge in [-0.3, -0.25) is 4.72 Å². The summed E-state index contributed by atoms with van der Waals surface area (Å²) in [5.74, 6) is 0.546. The summed E-state index contributed by atoms with van der Waals surface area (Å²) < 4.78 is 46.4. The van der Waals surface area contributed by atoms with Gasteiger partial charge < -0.3 is 10.1 Å². The third-order valence-corrected chi connectivity index (χ3v) is 5.90. The van der Waals surface area contributed by atoms with E-state index in [4.69, 9.17) is 4.74 Å². The molecular formula is C22H19FN4O3S. The van der Waals surface area contributed by atoms with Gasteiger partial charge in [-0.1, -0.05) is 24.3 Å². The van der Waals surface area contributed by atoms with E-state index in [1.54, 1.807) is 25.3 Å². The Bertz CT molecular complexity index is 1310. The number of aromatic nitrogens is 2. The molecule has 0 saturated carbocycles. The van der Waals surface area contributed by atoms with Crippen LogP contribution >= 0.6 is 0 Å². The molecule has 0 amide bonds. The second-order valence-electron chi connectivity index (χ2n) is 6.67. The standard InChI is InChI=1S/C22H19FN4O3S/c1-30-17-10-6-15(7-11-17)14-24-21-22(26-20-5-3-2-4-19(20)25-21)27-31(28,29)18-12-8-16(23)9-13-18/h2-13H,14H2,1H3,(H,24,25)(H,26,27). The number of methoxy groups -OCH3 is 1. The second kappa shape index (κ2) is 8.57. The van der Waals surface area contributed by atoms with Crippen LogP contribution in [0, 0.1) is 5.82 Å². The SMILES string of the molecule is COc1ccc(CNc2nc3ccccc3nc2NS(=O)(=O)c2ccc(F)cc2)cc1. The van der Waals surface area contributed by atoms with Crippen molar-refractivity contribution in [2.24, 2.45) is 0 Å². The van der Waals surface area contributed by atoms with E-state index in [-0.39, 0.29) is 16.5 Å². The number of halogens is 1. The summed E-state index contributed by atoms with van der Waals surface area (Å²) in [7, 11) is -2.39. The van der Waals surface area contributed by atoms with Crippen LogP contribution in [0.1, 0.15) is 5.56 Å². The van der Waals surface area contributed by atoms with E-state index in [9.17, 15) is 12.8 Å². The molecule has 0 saturated heterocycles. The maximum Gasteiger partial charge on any atom is 0.263 e. The van der Waals surface area contributed by atoms with Gasteiger partial charge in [0.2, 0.25) is 0 Å². The Balaban J connectivity index is 1.66. The quantitative estimate of drug-likeness (QED) is 0.449. The van der Waals surface area contributed by atoms with Crippen LogP contribution in [0.15, 0.2) is 77.7 Å². The summed E-state index contributed by atoms with van der Waals surface area (Å²) in [6.45, 7) is 0.391. The van der Waals surface area contributed by atoms with E-state index >= 15 is 0 Å². The Morgan fingerprint density at radius 2 is 1.48 bits per heavy atom. The van der Waals surface area contributed by atoms with Gasteiger partial charge in [0.15, 0.2) is 11.6 Å². The maximum atomic E-state index is 13.2. The molecule has 0 fully saturated rings. The fourth-order valence-corrected chi connectivity index (χ4v) is 3.93. The van der Waals surface area contributed by atoms with Gasteiger partial charge in [-0.2, -0.15) is 0 Å². The number of hydrogen-bond donors (Lipinski definition) is 2. The van der Waals surface area contributed by atoms with Gasteiger partial charge in [-0.15, -0.1) is 0 Å². The number of para-hydroxylation sites is 2. The number of rotatable bonds is 7. The average Bonchev–Trinajstić information content (AvgIpc) is 2.78. The summed E-state index contributed by atoms with van der Waals surface area (Å²) in [4.78, 5) is 8.89. The minimum atomic E-state index is -3.99. The van der Waals surface area contributed by atoms with Crippen LogP contribution in [0.5, 0.6) is 5.75 Å². The molecule has 31 heavy (non-hydrogen) atoms. The van der Waals surface area contributed by atoms with Crippen molar-refractivity contribution in [2.45, 2.75) is 11.4 Å². The summed E-state index contributed by atoms with van der Waals surface area (Å²) in [5, 5.41) is 3.14. The minimum absolute atomic E-state index is 0.0523. The van der Waals surface area contributed by atoms with Crippen molar-refractivity contribution in [1.29, 1.82) is 0 Å². The lowest BCUT2D eigenvalue weighted by atomic mass is 10.2. The van der Waals surface area contributed by atoms with Crippen LogP contribution < -0.4 is 14.8 Å². The van der Waals surface area contributed by atoms with Crippen molar-refractivity contribution in [2.75, 3.05) is 17.1 Å². The van der Waals surface area contributed by atoms with Crippen molar-refractivity contribution in [3.63, 3.8) is 0 Å². The zero-order chi connectivity index (χ0) is 21.8. The van der Waals surface area contributed by atoms with Crippen molar-refractivity contribution in [1.82, 2.24) is 9.97 Å². The fraction of sp³-hybridized carbons (Fsp3) is 0.0909. The van der Waals surface area contributed by atoms with E-state index in [0.717, 1.165) is 23.4 Å². The van der Waals surface area contributed by atoms with Crippen LogP contribution in [-0.2, 0) is 16.6 Å². The Hall–Kier alpha value is -3.72. The first-order chi connectivity index (χ1) is 14.9. The zero-order valence-electron chi connectivity index (χ0n) is 16.5. The topological polar surface area (TPSA) is 93.2 Å². The lowest BCUT2D eigenvalue weighted by molar-refractivity contribution is 0.414. The average molecular weight is 438 g/mol. The Labute approximate surface area is 179 Å². The highest BCUT2D eigenvalue weighted by atomic mass is 32.2. The molecule has 4 aromatic rings. The van der Waals surface area contributed by atoms with E-state index in [1.807, 2.05) is 30.3 Å². The number of fused-ring (bicyclic) bond motifs is 1. The summed E-state index contributed by atoms with van der Waals surface area (Å²) in [6.07, 6.45) is 0. The van der Waals surface area contributed by atoms with E-state index in [1.165, 1.54) is 12.1 Å². The predicted molar refractivity (Wildman–Crippen MR) is 117 cm³/mol. The first kappa shape index (κ1) is 20.5. The molecule has 2 N–H and O–H groups in total. The van der Waals surface area contributed by atoms with Crippen LogP contribution in [0.2, 0.25) is 0 Å². The summed E-state index contributed by atoms with van der Waals surface area (Å²) in [6, 6.07) is 19.2. The molecule has 1 aromatic heterocycles. The highest BCUT2D eigenvalue weighted by Gasteiger charge is 2.19. The zero-order valence-corrected chi connectivity index (χ0v) is 17.4. The number of sulfonamides is 1. The molecule has 3 aromatic carbocycles. The molecule has 9 heteroatoms. The van der Waals surface area contributed by atoms with Crippen LogP contribution in [0.4, 0.5) is 16.0 Å². The fourth-order valence-electron chi connectivity index (χ4n) is 2.92. The molecule has 0 aliphatic heterocycles. The van der Waals surface area contributed by atoms with Crippen molar-refractivity contribution >= 4 is 32.7 Å². The molecule has 1 heterocycles. The van der Waals surface area contributed by atoms with Crippen LogP contribution in [0.3, 0.4) is 0 Å². The van der Waals surface area contributed by atoms with Crippen LogP contribution in [-0.4, -0.2) is 25.5 Å². The predicted octanol–water partition coefficient (Wildman–Crippen LogP) is 4.19. The molecule has 7 nitrogen and oxygen atoms in total. The van der Waals surface area contributed by atoms with Gasteiger partial charge in [-0.25, -0.2) is 22.8 Å². The van der Waals surface area contributed by atoms with E-state index < -0.39 is 15.8 Å². The lowest BCUT2D eigenvalue weighted by Gasteiger charge is -2.14. The molecule has 0 aliphatic rings. The summed E-state index contributed by atoms with van der Waals surface area (Å²) in [5.41, 5.74) is 2.10. The van der Waals surface area contributed by atoms with Gasteiger partial charge in [0.05, 0.1) is 23.0 Å². The highest BCUT2D eigenvalue weighted by molar-refractivity contribution is 7.92. The third kappa shape index (κ3) is 4.72. The van der Waals surface area contributed by atoms with E-state index in [2.05, 4.69) is 20.0 Å². The second-order valence-corrected chi connectivity index (χ2v) is 8.35. The minimum Gasteiger partial charge on any atom is -0.497 e. The first-order valence-electron chi connectivity index (χ1n) is 9.36. The van der Waals surface area contributed by atoms with Crippen molar-refractivity contribution in [3.8, 4) is 5.75 Å². The third-order valence-electron chi connectivity index (χ3n) is 4.54. The van der Waals surface area contributed by atoms with Gasteiger partial charge in [0, 0.05) is 6.54 Å². The highest BCUT2D eigenvalue weighted by Crippen LogP contribution is 2.25. The number of nitrogens with one attached hydrogen (secondary N) is 2. The number of anilines is 2. The lowest BCUT2D eigenvalue weighted by Crippen LogP contribution is -2.16. The number of ether oxygens (including phenoxy) is 1. The molecular weight excluding hydrogens is 419 g/mol. The maximum absolute atomic E-state index is 13.2. The van der Waals surface area contributed by atoms with Gasteiger partial charge in [-0.05, 0) is 54.1 Å². The van der Waals surface area contributed by atoms with Gasteiger partial charge in [0.25, 0.3) is 10.0 Å². The Morgan fingerprint density at radius 1 is 0.871 bits per heavy atom. The first-order valence-corrected chi connectivity index (χ1v) is 10.8. The molecule has 0 unspecified atom stereocenters. The number of nitrogens with zero attached hydrogens (tertiary/aromatic N) is 2. The van der Waals surface area contributed by atoms with Crippen LogP contribution in [0.25, 0.3) is 11.0 Å². The van der Waals surface area contributed by atoms with Crippen molar-refractivity contribution < 1.29 is 17.5 Å². The molecule has 0 atom stereocenters. The number of hydrogen-bond acceptors (Lipinski definition) is 6. The molecule has 4 rings (SSSR count).